The molecular formula is C18H20N6O3S. The van der Waals surface area contributed by atoms with Crippen molar-refractivity contribution in [2.45, 2.75) is 17.8 Å². The van der Waals surface area contributed by atoms with E-state index in [0.29, 0.717) is 22.4 Å². The number of tetrazole rings is 1. The quantitative estimate of drug-likeness (QED) is 0.574. The second-order valence-corrected chi connectivity index (χ2v) is 6.85. The molecular weight excluding hydrogens is 380 g/mol. The van der Waals surface area contributed by atoms with E-state index in [-0.39, 0.29) is 12.5 Å². The first-order valence-electron chi connectivity index (χ1n) is 8.42. The number of hydrogen-bond acceptors (Lipinski definition) is 8. The number of anilines is 1. The summed E-state index contributed by atoms with van der Waals surface area (Å²) in [6.07, 6.45) is 1.57. The highest BCUT2D eigenvalue weighted by molar-refractivity contribution is 7.98. The van der Waals surface area contributed by atoms with Crippen LogP contribution in [-0.4, -0.2) is 44.8 Å². The van der Waals surface area contributed by atoms with E-state index in [2.05, 4.69) is 25.8 Å². The van der Waals surface area contributed by atoms with Gasteiger partial charge in [0.05, 0.1) is 19.0 Å². The molecule has 0 saturated carbocycles. The van der Waals surface area contributed by atoms with Crippen molar-refractivity contribution < 1.29 is 14.3 Å². The molecule has 2 heterocycles. The molecule has 28 heavy (non-hydrogen) atoms. The molecule has 146 valence electrons. The van der Waals surface area contributed by atoms with Gasteiger partial charge in [-0.3, -0.25) is 9.78 Å². The Morgan fingerprint density at radius 3 is 2.71 bits per heavy atom. The summed E-state index contributed by atoms with van der Waals surface area (Å²) in [6, 6.07) is 9.29. The number of thioether (sulfide) groups is 1. The maximum absolute atomic E-state index is 12.2. The molecule has 0 aliphatic heterocycles. The summed E-state index contributed by atoms with van der Waals surface area (Å²) in [5.74, 6) is 1.19. The zero-order valence-corrected chi connectivity index (χ0v) is 16.6. The van der Waals surface area contributed by atoms with Crippen LogP contribution >= 0.6 is 11.8 Å². The molecule has 0 spiro atoms. The van der Waals surface area contributed by atoms with Gasteiger partial charge in [-0.2, -0.15) is 0 Å². The summed E-state index contributed by atoms with van der Waals surface area (Å²) in [7, 11) is 3.29. The van der Waals surface area contributed by atoms with Gasteiger partial charge in [0, 0.05) is 24.6 Å². The number of nitrogens with one attached hydrogen (secondary N) is 1. The number of methoxy groups -OCH3 is 1. The Bertz CT molecular complexity index is 945. The highest BCUT2D eigenvalue weighted by Crippen LogP contribution is 2.28. The molecule has 0 aliphatic rings. The number of ether oxygens (including phenoxy) is 2. The maximum Gasteiger partial charge on any atom is 0.262 e. The molecule has 0 fully saturated rings. The van der Waals surface area contributed by atoms with Crippen molar-refractivity contribution in [1.82, 2.24) is 25.2 Å². The van der Waals surface area contributed by atoms with Crippen LogP contribution < -0.4 is 14.8 Å². The summed E-state index contributed by atoms with van der Waals surface area (Å²) < 4.78 is 12.5. The Labute approximate surface area is 166 Å². The van der Waals surface area contributed by atoms with Crippen molar-refractivity contribution in [3.8, 4) is 11.5 Å². The highest BCUT2D eigenvalue weighted by Gasteiger charge is 2.12. The van der Waals surface area contributed by atoms with E-state index in [1.807, 2.05) is 31.2 Å². The molecule has 2 aromatic heterocycles. The Kier molecular flexibility index (Phi) is 6.43. The third-order valence-electron chi connectivity index (χ3n) is 3.73. The van der Waals surface area contributed by atoms with Gasteiger partial charge in [-0.15, -0.1) is 5.10 Å². The summed E-state index contributed by atoms with van der Waals surface area (Å²) >= 11 is 1.44. The van der Waals surface area contributed by atoms with Gasteiger partial charge >= 0.3 is 0 Å². The Balaban J connectivity index is 1.60. The summed E-state index contributed by atoms with van der Waals surface area (Å²) in [4.78, 5) is 16.5. The van der Waals surface area contributed by atoms with Crippen molar-refractivity contribution in [2.24, 2.45) is 7.05 Å². The molecule has 0 unspecified atom stereocenters. The minimum atomic E-state index is -0.260. The summed E-state index contributed by atoms with van der Waals surface area (Å²) in [5, 5.41) is 14.8. The standard InChI is InChI=1S/C18H20N6O3S/c1-12-4-6-13(7-5-12)20-17(25)10-27-15-8-14(19-9-16(15)26-3)11-28-18-21-22-23-24(18)2/h4-9H,10-11H2,1-3H3,(H,20,25). The van der Waals surface area contributed by atoms with Crippen LogP contribution in [0.3, 0.4) is 0 Å². The van der Waals surface area contributed by atoms with Crippen molar-refractivity contribution in [2.75, 3.05) is 19.0 Å². The van der Waals surface area contributed by atoms with E-state index in [4.69, 9.17) is 9.47 Å². The van der Waals surface area contributed by atoms with Crippen molar-refractivity contribution in [3.05, 3.63) is 47.8 Å². The number of amides is 1. The van der Waals surface area contributed by atoms with Crippen LogP contribution in [0.1, 0.15) is 11.3 Å². The van der Waals surface area contributed by atoms with Gasteiger partial charge in [-0.25, -0.2) is 4.68 Å². The molecule has 1 amide bonds. The van der Waals surface area contributed by atoms with Gasteiger partial charge < -0.3 is 14.8 Å². The number of rotatable bonds is 8. The van der Waals surface area contributed by atoms with Crippen LogP contribution in [0, 0.1) is 6.92 Å². The zero-order valence-electron chi connectivity index (χ0n) is 15.7. The molecule has 3 aromatic rings. The van der Waals surface area contributed by atoms with Crippen LogP contribution in [-0.2, 0) is 17.6 Å². The average Bonchev–Trinajstić information content (AvgIpc) is 3.11. The minimum absolute atomic E-state index is 0.145. The fourth-order valence-corrected chi connectivity index (χ4v) is 3.02. The lowest BCUT2D eigenvalue weighted by molar-refractivity contribution is -0.118. The van der Waals surface area contributed by atoms with E-state index < -0.39 is 0 Å². The molecule has 1 N–H and O–H groups in total. The third-order valence-corrected chi connectivity index (χ3v) is 4.78. The topological polar surface area (TPSA) is 104 Å². The molecule has 0 saturated heterocycles. The molecule has 10 heteroatoms. The lowest BCUT2D eigenvalue weighted by Crippen LogP contribution is -2.20. The number of benzene rings is 1. The minimum Gasteiger partial charge on any atom is -0.491 e. The molecule has 0 aliphatic carbocycles. The first kappa shape index (κ1) is 19.6. The van der Waals surface area contributed by atoms with Crippen LogP contribution in [0.25, 0.3) is 0 Å². The lowest BCUT2D eigenvalue weighted by Gasteiger charge is -2.12. The fourth-order valence-electron chi connectivity index (χ4n) is 2.27. The first-order chi connectivity index (χ1) is 13.5. The van der Waals surface area contributed by atoms with Gasteiger partial charge in [0.1, 0.15) is 0 Å². The van der Waals surface area contributed by atoms with Gasteiger partial charge in [0.25, 0.3) is 5.91 Å². The number of nitrogens with zero attached hydrogens (tertiary/aromatic N) is 5. The zero-order chi connectivity index (χ0) is 19.9. The van der Waals surface area contributed by atoms with E-state index in [1.54, 1.807) is 24.0 Å². The number of carbonyl (C=O) groups is 1. The van der Waals surface area contributed by atoms with Crippen molar-refractivity contribution in [3.63, 3.8) is 0 Å². The number of hydrogen-bond donors (Lipinski definition) is 1. The molecule has 0 bridgehead atoms. The van der Waals surface area contributed by atoms with Crippen LogP contribution in [0.15, 0.2) is 41.7 Å². The van der Waals surface area contributed by atoms with Crippen molar-refractivity contribution in [1.29, 1.82) is 0 Å². The summed E-state index contributed by atoms with van der Waals surface area (Å²) in [5.41, 5.74) is 2.59. The lowest BCUT2D eigenvalue weighted by atomic mass is 10.2. The summed E-state index contributed by atoms with van der Waals surface area (Å²) in [6.45, 7) is 1.84. The SMILES string of the molecule is COc1cnc(CSc2nnnn2C)cc1OCC(=O)Nc1ccc(C)cc1. The van der Waals surface area contributed by atoms with Gasteiger partial charge in [0.2, 0.25) is 5.16 Å². The van der Waals surface area contributed by atoms with Gasteiger partial charge in [-0.1, -0.05) is 29.5 Å². The van der Waals surface area contributed by atoms with Gasteiger partial charge in [0.15, 0.2) is 18.1 Å². The van der Waals surface area contributed by atoms with Crippen LogP contribution in [0.5, 0.6) is 11.5 Å². The predicted octanol–water partition coefficient (Wildman–Crippen LogP) is 2.23. The fraction of sp³-hybridized carbons (Fsp3) is 0.278. The number of aromatic nitrogens is 5. The number of aryl methyl sites for hydroxylation is 2. The highest BCUT2D eigenvalue weighted by atomic mass is 32.2. The van der Waals surface area contributed by atoms with Crippen LogP contribution in [0.4, 0.5) is 5.69 Å². The van der Waals surface area contributed by atoms with Gasteiger partial charge in [-0.05, 0) is 29.5 Å². The third kappa shape index (κ3) is 5.19. The van der Waals surface area contributed by atoms with Crippen molar-refractivity contribution >= 4 is 23.4 Å². The Morgan fingerprint density at radius 2 is 2.04 bits per heavy atom. The van der Waals surface area contributed by atoms with E-state index in [9.17, 15) is 4.79 Å². The monoisotopic (exact) mass is 400 g/mol. The normalized spacial score (nSPS) is 10.5. The van der Waals surface area contributed by atoms with E-state index in [0.717, 1.165) is 16.9 Å². The first-order valence-corrected chi connectivity index (χ1v) is 9.41. The van der Waals surface area contributed by atoms with E-state index in [1.165, 1.54) is 18.9 Å². The Hall–Kier alpha value is -3.14. The maximum atomic E-state index is 12.2. The molecule has 0 atom stereocenters. The Morgan fingerprint density at radius 1 is 1.25 bits per heavy atom. The smallest absolute Gasteiger partial charge is 0.262 e. The predicted molar refractivity (Wildman–Crippen MR) is 104 cm³/mol. The average molecular weight is 400 g/mol. The molecule has 0 radical (unpaired) electrons. The number of pyridine rings is 1. The number of carbonyl (C=O) groups excluding carboxylic acids is 1. The second kappa shape index (κ2) is 9.18. The molecule has 1 aromatic carbocycles. The molecule has 3 rings (SSSR count). The largest absolute Gasteiger partial charge is 0.491 e. The van der Waals surface area contributed by atoms with E-state index >= 15 is 0 Å². The second-order valence-electron chi connectivity index (χ2n) is 5.90. The van der Waals surface area contributed by atoms with Crippen LogP contribution in [0.2, 0.25) is 0 Å². The molecule has 9 nitrogen and oxygen atoms in total.